The van der Waals surface area contributed by atoms with Crippen LogP contribution in [0.5, 0.6) is 11.5 Å². The largest absolute Gasteiger partial charge is 0.493 e. The second-order valence-corrected chi connectivity index (χ2v) is 7.01. The first-order valence-corrected chi connectivity index (χ1v) is 8.97. The summed E-state index contributed by atoms with van der Waals surface area (Å²) in [5, 5.41) is 3.11. The first kappa shape index (κ1) is 19.3. The molecule has 1 aromatic carbocycles. The quantitative estimate of drug-likeness (QED) is 0.702. The standard InChI is InChI=1S/C20H30N2O3/c1-6-8-22-9-7-15-11-18(24-4)19(25-5)12-16(15)17(22)13-21-20(23)10-14(2)3/h6,11-12,14,17H,1,7-10,13H2,2-5H3,(H,21,23)/p+1/t17-/m0/s1. The highest BCUT2D eigenvalue weighted by Crippen LogP contribution is 2.33. The van der Waals surface area contributed by atoms with Crippen LogP contribution in [0.25, 0.3) is 0 Å². The van der Waals surface area contributed by atoms with Gasteiger partial charge in [0.15, 0.2) is 11.5 Å². The van der Waals surface area contributed by atoms with Gasteiger partial charge < -0.3 is 19.7 Å². The maximum Gasteiger partial charge on any atom is 0.220 e. The first-order valence-electron chi connectivity index (χ1n) is 8.97. The average Bonchev–Trinajstić information content (AvgIpc) is 2.59. The number of carbonyl (C=O) groups excluding carboxylic acids is 1. The summed E-state index contributed by atoms with van der Waals surface area (Å²) in [6.07, 6.45) is 3.49. The van der Waals surface area contributed by atoms with Gasteiger partial charge in [-0.15, -0.1) is 0 Å². The fourth-order valence-electron chi connectivity index (χ4n) is 3.51. The summed E-state index contributed by atoms with van der Waals surface area (Å²) in [4.78, 5) is 13.5. The second-order valence-electron chi connectivity index (χ2n) is 7.01. The van der Waals surface area contributed by atoms with Gasteiger partial charge in [0.05, 0.1) is 33.9 Å². The van der Waals surface area contributed by atoms with Crippen LogP contribution in [0.3, 0.4) is 0 Å². The smallest absolute Gasteiger partial charge is 0.220 e. The summed E-state index contributed by atoms with van der Waals surface area (Å²) in [6.45, 7) is 10.5. The maximum absolute atomic E-state index is 12.1. The molecule has 0 aromatic heterocycles. The molecule has 0 radical (unpaired) electrons. The minimum Gasteiger partial charge on any atom is -0.493 e. The molecule has 25 heavy (non-hydrogen) atoms. The minimum atomic E-state index is 0.112. The number of nitrogens with one attached hydrogen (secondary N) is 2. The molecule has 5 nitrogen and oxygen atoms in total. The summed E-state index contributed by atoms with van der Waals surface area (Å²) in [6, 6.07) is 4.33. The van der Waals surface area contributed by atoms with Crippen molar-refractivity contribution >= 4 is 5.91 Å². The maximum atomic E-state index is 12.1. The molecule has 2 atom stereocenters. The summed E-state index contributed by atoms with van der Waals surface area (Å²) in [7, 11) is 3.31. The van der Waals surface area contributed by atoms with E-state index in [1.165, 1.54) is 16.0 Å². The predicted molar refractivity (Wildman–Crippen MR) is 99.3 cm³/mol. The number of benzene rings is 1. The minimum absolute atomic E-state index is 0.112. The zero-order valence-corrected chi connectivity index (χ0v) is 15.9. The topological polar surface area (TPSA) is 52.0 Å². The number of amides is 1. The van der Waals surface area contributed by atoms with Crippen LogP contribution in [0, 0.1) is 5.92 Å². The van der Waals surface area contributed by atoms with Crippen molar-refractivity contribution in [2.24, 2.45) is 5.92 Å². The highest BCUT2D eigenvalue weighted by Gasteiger charge is 2.32. The van der Waals surface area contributed by atoms with Crippen molar-refractivity contribution in [1.29, 1.82) is 0 Å². The molecule has 138 valence electrons. The molecule has 1 aliphatic rings. The Labute approximate surface area is 151 Å². The zero-order valence-electron chi connectivity index (χ0n) is 15.9. The molecule has 1 heterocycles. The van der Waals surface area contributed by atoms with Crippen molar-refractivity contribution < 1.29 is 19.2 Å². The number of hydrogen-bond donors (Lipinski definition) is 2. The molecule has 1 amide bonds. The molecule has 5 heteroatoms. The van der Waals surface area contributed by atoms with Crippen LogP contribution >= 0.6 is 0 Å². The van der Waals surface area contributed by atoms with E-state index in [4.69, 9.17) is 9.47 Å². The molecule has 0 saturated carbocycles. The Morgan fingerprint density at radius 1 is 1.36 bits per heavy atom. The average molecular weight is 347 g/mol. The molecular formula is C20H31N2O3+. The fraction of sp³-hybridized carbons (Fsp3) is 0.550. The van der Waals surface area contributed by atoms with Crippen molar-refractivity contribution in [1.82, 2.24) is 5.32 Å². The molecule has 0 saturated heterocycles. The molecule has 0 spiro atoms. The van der Waals surface area contributed by atoms with Gasteiger partial charge in [-0.25, -0.2) is 0 Å². The van der Waals surface area contributed by atoms with E-state index in [2.05, 4.69) is 37.9 Å². The summed E-state index contributed by atoms with van der Waals surface area (Å²) >= 11 is 0. The SMILES string of the molecule is C=CC[NH+]1CCc2cc(OC)c(OC)cc2[C@@H]1CNC(=O)CC(C)C. The van der Waals surface area contributed by atoms with E-state index in [1.54, 1.807) is 14.2 Å². The highest BCUT2D eigenvalue weighted by atomic mass is 16.5. The lowest BCUT2D eigenvalue weighted by atomic mass is 9.91. The van der Waals surface area contributed by atoms with Gasteiger partial charge in [-0.3, -0.25) is 4.79 Å². The number of ether oxygens (including phenoxy) is 2. The molecule has 2 rings (SSSR count). The molecule has 2 N–H and O–H groups in total. The lowest BCUT2D eigenvalue weighted by Crippen LogP contribution is -3.13. The van der Waals surface area contributed by atoms with Gasteiger partial charge >= 0.3 is 0 Å². The third-order valence-corrected chi connectivity index (χ3v) is 4.73. The number of quaternary nitrogens is 1. The zero-order chi connectivity index (χ0) is 18.4. The van der Waals surface area contributed by atoms with E-state index < -0.39 is 0 Å². The van der Waals surface area contributed by atoms with E-state index in [-0.39, 0.29) is 11.9 Å². The van der Waals surface area contributed by atoms with Gasteiger partial charge in [0, 0.05) is 18.4 Å². The second kappa shape index (κ2) is 8.90. The Bertz CT molecular complexity index is 613. The normalized spacial score (nSPS) is 19.2. The van der Waals surface area contributed by atoms with E-state index in [9.17, 15) is 4.79 Å². The predicted octanol–water partition coefficient (Wildman–Crippen LogP) is 1.53. The third kappa shape index (κ3) is 4.75. The Hall–Kier alpha value is -2.01. The molecule has 0 aliphatic carbocycles. The van der Waals surface area contributed by atoms with Crippen LogP contribution in [-0.2, 0) is 11.2 Å². The van der Waals surface area contributed by atoms with Crippen molar-refractivity contribution in [3.8, 4) is 11.5 Å². The van der Waals surface area contributed by atoms with Gasteiger partial charge in [0.1, 0.15) is 6.04 Å². The lowest BCUT2D eigenvalue weighted by Gasteiger charge is -2.34. The van der Waals surface area contributed by atoms with E-state index in [1.807, 2.05) is 6.08 Å². The van der Waals surface area contributed by atoms with Crippen molar-refractivity contribution in [2.45, 2.75) is 32.7 Å². The third-order valence-electron chi connectivity index (χ3n) is 4.73. The van der Waals surface area contributed by atoms with Crippen molar-refractivity contribution in [2.75, 3.05) is 33.9 Å². The van der Waals surface area contributed by atoms with Gasteiger partial charge in [0.25, 0.3) is 0 Å². The Kier molecular flexibility index (Phi) is 6.88. The van der Waals surface area contributed by atoms with Gasteiger partial charge in [-0.2, -0.15) is 0 Å². The van der Waals surface area contributed by atoms with Crippen LogP contribution in [0.1, 0.15) is 37.4 Å². The Morgan fingerprint density at radius 2 is 2.04 bits per heavy atom. The monoisotopic (exact) mass is 347 g/mol. The van der Waals surface area contributed by atoms with E-state index in [0.717, 1.165) is 31.0 Å². The molecule has 1 aromatic rings. The number of hydrogen-bond acceptors (Lipinski definition) is 3. The molecular weight excluding hydrogens is 316 g/mol. The first-order chi connectivity index (χ1) is 12.0. The highest BCUT2D eigenvalue weighted by molar-refractivity contribution is 5.76. The molecule has 0 fully saturated rings. The lowest BCUT2D eigenvalue weighted by molar-refractivity contribution is -0.927. The number of carbonyl (C=O) groups is 1. The van der Waals surface area contributed by atoms with Gasteiger partial charge in [-0.1, -0.05) is 20.4 Å². The van der Waals surface area contributed by atoms with Crippen LogP contribution < -0.4 is 19.7 Å². The van der Waals surface area contributed by atoms with Crippen LogP contribution in [0.4, 0.5) is 0 Å². The number of methoxy groups -OCH3 is 2. The number of rotatable bonds is 8. The van der Waals surface area contributed by atoms with Crippen molar-refractivity contribution in [3.63, 3.8) is 0 Å². The number of fused-ring (bicyclic) bond motifs is 1. The van der Waals surface area contributed by atoms with E-state index in [0.29, 0.717) is 18.9 Å². The fourth-order valence-corrected chi connectivity index (χ4v) is 3.51. The van der Waals surface area contributed by atoms with Crippen molar-refractivity contribution in [3.05, 3.63) is 35.9 Å². The summed E-state index contributed by atoms with van der Waals surface area (Å²) < 4.78 is 10.9. The molecule has 1 unspecified atom stereocenters. The molecule has 0 bridgehead atoms. The molecule has 1 aliphatic heterocycles. The van der Waals surface area contributed by atoms with Gasteiger partial charge in [-0.05, 0) is 29.7 Å². The van der Waals surface area contributed by atoms with Gasteiger partial charge in [0.2, 0.25) is 5.91 Å². The summed E-state index contributed by atoms with van der Waals surface area (Å²) in [5.41, 5.74) is 2.50. The van der Waals surface area contributed by atoms with Crippen LogP contribution in [0.15, 0.2) is 24.8 Å². The van der Waals surface area contributed by atoms with Crippen LogP contribution in [0.2, 0.25) is 0 Å². The summed E-state index contributed by atoms with van der Waals surface area (Å²) in [5.74, 6) is 1.97. The Morgan fingerprint density at radius 3 is 2.64 bits per heavy atom. The van der Waals surface area contributed by atoms with Crippen LogP contribution in [-0.4, -0.2) is 39.8 Å². The van der Waals surface area contributed by atoms with E-state index >= 15 is 0 Å². The Balaban J connectivity index is 2.27.